The number of nitrogens with one attached hydrogen (secondary N) is 2. The van der Waals surface area contributed by atoms with Gasteiger partial charge in [0.15, 0.2) is 17.5 Å². The normalized spacial score (nSPS) is 17.4. The molecule has 0 amide bonds. The quantitative estimate of drug-likeness (QED) is 0.553. The molecule has 1 aliphatic heterocycles. The second kappa shape index (κ2) is 10.3. The van der Waals surface area contributed by atoms with Gasteiger partial charge in [-0.3, -0.25) is 4.99 Å². The summed E-state index contributed by atoms with van der Waals surface area (Å²) < 4.78 is 25.0. The molecule has 6 heteroatoms. The van der Waals surface area contributed by atoms with Crippen molar-refractivity contribution in [1.29, 1.82) is 0 Å². The highest BCUT2D eigenvalue weighted by Crippen LogP contribution is 2.34. The van der Waals surface area contributed by atoms with Crippen LogP contribution >= 0.6 is 0 Å². The maximum Gasteiger partial charge on any atom is 0.191 e. The van der Waals surface area contributed by atoms with Crippen molar-refractivity contribution in [3.63, 3.8) is 0 Å². The molecule has 0 aliphatic carbocycles. The zero-order valence-electron chi connectivity index (χ0n) is 17.2. The van der Waals surface area contributed by atoms with Crippen LogP contribution in [0.4, 0.5) is 4.39 Å². The standard InChI is InChI=1S/C23H30FN3O2/c1-18(29-21-11-7-6-10-20(21)24)16-26-22(25-2)27-17-23(12-14-28-15-13-23)19-8-4-3-5-9-19/h3-11,18H,12-17H2,1-2H3,(H2,25,26,27). The number of rotatable bonds is 7. The van der Waals surface area contributed by atoms with E-state index in [2.05, 4.69) is 39.9 Å². The molecule has 2 N–H and O–H groups in total. The Morgan fingerprint density at radius 3 is 2.48 bits per heavy atom. The zero-order chi connectivity index (χ0) is 20.5. The highest BCUT2D eigenvalue weighted by atomic mass is 19.1. The number of para-hydroxylation sites is 1. The second-order valence-electron chi connectivity index (χ2n) is 7.42. The van der Waals surface area contributed by atoms with Crippen molar-refractivity contribution in [3.05, 3.63) is 66.0 Å². The van der Waals surface area contributed by atoms with Crippen LogP contribution in [0.3, 0.4) is 0 Å². The van der Waals surface area contributed by atoms with Gasteiger partial charge in [0, 0.05) is 32.2 Å². The molecule has 1 heterocycles. The van der Waals surface area contributed by atoms with Crippen molar-refractivity contribution in [1.82, 2.24) is 10.6 Å². The maximum atomic E-state index is 13.8. The lowest BCUT2D eigenvalue weighted by Gasteiger charge is -2.38. The van der Waals surface area contributed by atoms with E-state index in [9.17, 15) is 4.39 Å². The number of halogens is 1. The minimum Gasteiger partial charge on any atom is -0.486 e. The fourth-order valence-corrected chi connectivity index (χ4v) is 3.63. The Kier molecular flexibility index (Phi) is 7.47. The molecule has 0 saturated carbocycles. The predicted octanol–water partition coefficient (Wildman–Crippen LogP) is 3.51. The molecule has 1 fully saturated rings. The molecule has 2 aromatic rings. The van der Waals surface area contributed by atoms with Gasteiger partial charge in [-0.25, -0.2) is 4.39 Å². The minimum atomic E-state index is -0.355. The topological polar surface area (TPSA) is 54.9 Å². The van der Waals surface area contributed by atoms with Crippen molar-refractivity contribution in [2.75, 3.05) is 33.4 Å². The first-order valence-corrected chi connectivity index (χ1v) is 10.1. The smallest absolute Gasteiger partial charge is 0.191 e. The monoisotopic (exact) mass is 399 g/mol. The van der Waals surface area contributed by atoms with E-state index < -0.39 is 0 Å². The Balaban J connectivity index is 1.55. The van der Waals surface area contributed by atoms with Gasteiger partial charge in [0.05, 0.1) is 6.54 Å². The third-order valence-corrected chi connectivity index (χ3v) is 5.38. The number of hydrogen-bond acceptors (Lipinski definition) is 3. The number of guanidine groups is 1. The summed E-state index contributed by atoms with van der Waals surface area (Å²) in [5.74, 6) is 0.608. The number of benzene rings is 2. The molecule has 0 bridgehead atoms. The van der Waals surface area contributed by atoms with Gasteiger partial charge < -0.3 is 20.1 Å². The summed E-state index contributed by atoms with van der Waals surface area (Å²) >= 11 is 0. The molecule has 0 radical (unpaired) electrons. The van der Waals surface area contributed by atoms with Gasteiger partial charge in [-0.1, -0.05) is 42.5 Å². The summed E-state index contributed by atoms with van der Waals surface area (Å²) in [5.41, 5.74) is 1.34. The van der Waals surface area contributed by atoms with Crippen molar-refractivity contribution in [3.8, 4) is 5.75 Å². The van der Waals surface area contributed by atoms with Crippen LogP contribution < -0.4 is 15.4 Å². The van der Waals surface area contributed by atoms with Crippen LogP contribution in [-0.2, 0) is 10.2 Å². The van der Waals surface area contributed by atoms with E-state index in [1.807, 2.05) is 13.0 Å². The molecule has 0 aromatic heterocycles. The summed E-state index contributed by atoms with van der Waals surface area (Å²) in [6.07, 6.45) is 1.72. The van der Waals surface area contributed by atoms with Crippen LogP contribution in [-0.4, -0.2) is 45.4 Å². The summed E-state index contributed by atoms with van der Waals surface area (Å²) in [4.78, 5) is 4.33. The number of ether oxygens (including phenoxy) is 2. The Morgan fingerprint density at radius 2 is 1.79 bits per heavy atom. The van der Waals surface area contributed by atoms with Gasteiger partial charge in [0.2, 0.25) is 0 Å². The lowest BCUT2D eigenvalue weighted by atomic mass is 9.74. The van der Waals surface area contributed by atoms with Gasteiger partial charge in [0.1, 0.15) is 6.10 Å². The SMILES string of the molecule is CN=C(NCC(C)Oc1ccccc1F)NCC1(c2ccccc2)CCOCC1. The van der Waals surface area contributed by atoms with Crippen molar-refractivity contribution in [2.45, 2.75) is 31.3 Å². The van der Waals surface area contributed by atoms with Crippen LogP contribution in [0, 0.1) is 5.82 Å². The van der Waals surface area contributed by atoms with E-state index in [4.69, 9.17) is 9.47 Å². The summed E-state index contributed by atoms with van der Waals surface area (Å²) in [5, 5.41) is 6.74. The van der Waals surface area contributed by atoms with Crippen molar-refractivity contribution in [2.24, 2.45) is 4.99 Å². The van der Waals surface area contributed by atoms with Crippen molar-refractivity contribution >= 4 is 5.96 Å². The maximum absolute atomic E-state index is 13.8. The summed E-state index contributed by atoms with van der Waals surface area (Å²) in [6.45, 7) is 4.70. The fourth-order valence-electron chi connectivity index (χ4n) is 3.63. The Labute approximate surface area is 172 Å². The fraction of sp³-hybridized carbons (Fsp3) is 0.435. The minimum absolute atomic E-state index is 0.0203. The average molecular weight is 400 g/mol. The van der Waals surface area contributed by atoms with Gasteiger partial charge in [-0.2, -0.15) is 0 Å². The van der Waals surface area contributed by atoms with E-state index in [0.29, 0.717) is 12.5 Å². The second-order valence-corrected chi connectivity index (χ2v) is 7.42. The zero-order valence-corrected chi connectivity index (χ0v) is 17.2. The van der Waals surface area contributed by atoms with Crippen LogP contribution in [0.2, 0.25) is 0 Å². The number of aliphatic imine (C=N–C) groups is 1. The van der Waals surface area contributed by atoms with E-state index in [1.165, 1.54) is 11.6 Å². The Hall–Kier alpha value is -2.60. The third kappa shape index (κ3) is 5.70. The molecular weight excluding hydrogens is 369 g/mol. The molecular formula is C23H30FN3O2. The molecule has 1 unspecified atom stereocenters. The van der Waals surface area contributed by atoms with Gasteiger partial charge >= 0.3 is 0 Å². The molecule has 29 heavy (non-hydrogen) atoms. The van der Waals surface area contributed by atoms with E-state index in [1.54, 1.807) is 25.2 Å². The first kappa shape index (κ1) is 21.1. The molecule has 0 spiro atoms. The molecule has 3 rings (SSSR count). The van der Waals surface area contributed by atoms with E-state index >= 15 is 0 Å². The molecule has 5 nitrogen and oxygen atoms in total. The Morgan fingerprint density at radius 1 is 1.10 bits per heavy atom. The highest BCUT2D eigenvalue weighted by Gasteiger charge is 2.34. The van der Waals surface area contributed by atoms with Gasteiger partial charge in [0.25, 0.3) is 0 Å². The largest absolute Gasteiger partial charge is 0.486 e. The highest BCUT2D eigenvalue weighted by molar-refractivity contribution is 5.79. The van der Waals surface area contributed by atoms with Crippen LogP contribution in [0.1, 0.15) is 25.3 Å². The molecule has 1 saturated heterocycles. The lowest BCUT2D eigenvalue weighted by Crippen LogP contribution is -2.49. The van der Waals surface area contributed by atoms with E-state index in [0.717, 1.165) is 32.6 Å². The average Bonchev–Trinajstić information content (AvgIpc) is 2.77. The molecule has 2 aromatic carbocycles. The predicted molar refractivity (Wildman–Crippen MR) is 114 cm³/mol. The Bertz CT molecular complexity index is 792. The van der Waals surface area contributed by atoms with Crippen LogP contribution in [0.15, 0.2) is 59.6 Å². The molecule has 1 atom stereocenters. The first-order valence-electron chi connectivity index (χ1n) is 10.1. The van der Waals surface area contributed by atoms with E-state index in [-0.39, 0.29) is 23.1 Å². The van der Waals surface area contributed by atoms with Crippen molar-refractivity contribution < 1.29 is 13.9 Å². The van der Waals surface area contributed by atoms with Crippen LogP contribution in [0.5, 0.6) is 5.75 Å². The summed E-state index contributed by atoms with van der Waals surface area (Å²) in [7, 11) is 1.75. The number of hydrogen-bond donors (Lipinski definition) is 2. The van der Waals surface area contributed by atoms with Gasteiger partial charge in [-0.05, 0) is 37.5 Å². The third-order valence-electron chi connectivity index (χ3n) is 5.38. The first-order chi connectivity index (χ1) is 14.1. The summed E-state index contributed by atoms with van der Waals surface area (Å²) in [6, 6.07) is 17.0. The van der Waals surface area contributed by atoms with Crippen LogP contribution in [0.25, 0.3) is 0 Å². The molecule has 1 aliphatic rings. The van der Waals surface area contributed by atoms with Gasteiger partial charge in [-0.15, -0.1) is 0 Å². The molecule has 156 valence electrons. The lowest BCUT2D eigenvalue weighted by molar-refractivity contribution is 0.0513. The number of nitrogens with zero attached hydrogens (tertiary/aromatic N) is 1.